The van der Waals surface area contributed by atoms with Crippen molar-refractivity contribution in [2.75, 3.05) is 6.61 Å². The van der Waals surface area contributed by atoms with Gasteiger partial charge in [-0.15, -0.1) is 0 Å². The number of carboxylic acids is 1. The quantitative estimate of drug-likeness (QED) is 0.642. The lowest BCUT2D eigenvalue weighted by Crippen LogP contribution is -2.50. The van der Waals surface area contributed by atoms with Gasteiger partial charge in [-0.25, -0.2) is 4.79 Å². The highest BCUT2D eigenvalue weighted by Crippen LogP contribution is 2.31. The monoisotopic (exact) mass is 366 g/mol. The van der Waals surface area contributed by atoms with Gasteiger partial charge in [0.1, 0.15) is 12.6 Å². The second-order valence-corrected chi connectivity index (χ2v) is 6.33. The number of aliphatic carboxylic acids is 1. The number of hydrogen-bond acceptors (Lipinski definition) is 4. The van der Waals surface area contributed by atoms with E-state index in [1.165, 1.54) is 0 Å². The fourth-order valence-electron chi connectivity index (χ4n) is 3.13. The average Bonchev–Trinajstić information content (AvgIpc) is 3.10. The fraction of sp³-hybridized carbons (Fsp3) is 0.200. The summed E-state index contributed by atoms with van der Waals surface area (Å²) in [6, 6.07) is 13.6. The number of fused-ring (bicyclic) bond motifs is 2. The van der Waals surface area contributed by atoms with E-state index >= 15 is 0 Å². The molecule has 0 spiro atoms. The van der Waals surface area contributed by atoms with Gasteiger partial charge < -0.3 is 24.9 Å². The highest BCUT2D eigenvalue weighted by Gasteiger charge is 2.31. The molecule has 0 saturated heterocycles. The predicted octanol–water partition coefficient (Wildman–Crippen LogP) is 2.12. The molecule has 1 aromatic heterocycles. The number of para-hydroxylation sites is 3. The molecule has 0 bridgehead atoms. The zero-order chi connectivity index (χ0) is 18.8. The van der Waals surface area contributed by atoms with Gasteiger partial charge in [0, 0.05) is 23.5 Å². The maximum atomic E-state index is 12.5. The lowest BCUT2D eigenvalue weighted by molar-refractivity contribution is -0.143. The van der Waals surface area contributed by atoms with Crippen molar-refractivity contribution < 1.29 is 24.2 Å². The molecule has 0 fully saturated rings. The van der Waals surface area contributed by atoms with Crippen LogP contribution in [0.5, 0.6) is 11.5 Å². The summed E-state index contributed by atoms with van der Waals surface area (Å²) in [7, 11) is 0. The molecule has 27 heavy (non-hydrogen) atoms. The van der Waals surface area contributed by atoms with E-state index in [1.807, 2.05) is 30.3 Å². The van der Waals surface area contributed by atoms with Gasteiger partial charge >= 0.3 is 5.97 Å². The van der Waals surface area contributed by atoms with Crippen molar-refractivity contribution in [1.29, 1.82) is 0 Å². The zero-order valence-corrected chi connectivity index (χ0v) is 14.3. The number of nitrogens with one attached hydrogen (secondary N) is 2. The smallest absolute Gasteiger partial charge is 0.326 e. The van der Waals surface area contributed by atoms with Crippen molar-refractivity contribution in [2.24, 2.45) is 0 Å². The molecule has 3 N–H and O–H groups in total. The topological polar surface area (TPSA) is 101 Å². The molecule has 7 nitrogen and oxygen atoms in total. The normalized spacial score (nSPS) is 16.7. The van der Waals surface area contributed by atoms with E-state index in [2.05, 4.69) is 10.3 Å². The Balaban J connectivity index is 1.47. The predicted molar refractivity (Wildman–Crippen MR) is 97.9 cm³/mol. The first kappa shape index (κ1) is 17.0. The third-order valence-electron chi connectivity index (χ3n) is 4.51. The highest BCUT2D eigenvalue weighted by atomic mass is 16.6. The summed E-state index contributed by atoms with van der Waals surface area (Å²) in [5.41, 5.74) is 1.74. The first-order valence-electron chi connectivity index (χ1n) is 8.58. The van der Waals surface area contributed by atoms with Crippen LogP contribution in [-0.2, 0) is 16.0 Å². The van der Waals surface area contributed by atoms with Gasteiger partial charge in [0.05, 0.1) is 0 Å². The number of aromatic nitrogens is 1. The number of ether oxygens (including phenoxy) is 2. The molecule has 2 atom stereocenters. The molecule has 1 amide bonds. The summed E-state index contributed by atoms with van der Waals surface area (Å²) in [6.07, 6.45) is 1.03. The number of aromatic amines is 1. The van der Waals surface area contributed by atoms with E-state index in [1.54, 1.807) is 24.4 Å². The first-order chi connectivity index (χ1) is 13.1. The molecule has 0 radical (unpaired) electrons. The van der Waals surface area contributed by atoms with Crippen LogP contribution in [0.3, 0.4) is 0 Å². The van der Waals surface area contributed by atoms with Gasteiger partial charge in [0.15, 0.2) is 11.5 Å². The Morgan fingerprint density at radius 2 is 1.89 bits per heavy atom. The summed E-state index contributed by atoms with van der Waals surface area (Å²) in [4.78, 5) is 27.3. The van der Waals surface area contributed by atoms with Gasteiger partial charge in [-0.05, 0) is 23.8 Å². The van der Waals surface area contributed by atoms with Crippen LogP contribution in [0.25, 0.3) is 10.9 Å². The number of rotatable bonds is 5. The van der Waals surface area contributed by atoms with E-state index in [9.17, 15) is 14.7 Å². The van der Waals surface area contributed by atoms with Crippen molar-refractivity contribution in [3.05, 3.63) is 60.3 Å². The third kappa shape index (κ3) is 3.44. The molecule has 0 unspecified atom stereocenters. The number of carboxylic acid groups (broad SMARTS) is 1. The lowest BCUT2D eigenvalue weighted by atomic mass is 10.0. The van der Waals surface area contributed by atoms with Crippen LogP contribution >= 0.6 is 0 Å². The minimum Gasteiger partial charge on any atom is -0.485 e. The summed E-state index contributed by atoms with van der Waals surface area (Å²) in [5.74, 6) is -0.593. The minimum atomic E-state index is -1.11. The average molecular weight is 366 g/mol. The number of carbonyl (C=O) groups is 2. The molecule has 3 aromatic rings. The Kier molecular flexibility index (Phi) is 4.42. The van der Waals surface area contributed by atoms with Crippen LogP contribution in [0.15, 0.2) is 54.7 Å². The number of amides is 1. The van der Waals surface area contributed by atoms with Crippen molar-refractivity contribution >= 4 is 22.8 Å². The Morgan fingerprint density at radius 1 is 1.15 bits per heavy atom. The second kappa shape index (κ2) is 7.03. The van der Waals surface area contributed by atoms with E-state index in [-0.39, 0.29) is 13.0 Å². The van der Waals surface area contributed by atoms with Crippen LogP contribution in [0.4, 0.5) is 0 Å². The van der Waals surface area contributed by atoms with Crippen molar-refractivity contribution in [1.82, 2.24) is 10.3 Å². The largest absolute Gasteiger partial charge is 0.485 e. The molecule has 0 aliphatic carbocycles. The second-order valence-electron chi connectivity index (χ2n) is 6.33. The highest BCUT2D eigenvalue weighted by molar-refractivity contribution is 5.88. The third-order valence-corrected chi connectivity index (χ3v) is 4.51. The number of benzene rings is 2. The molecule has 138 valence electrons. The molecule has 4 rings (SSSR count). The number of H-pyrrole nitrogens is 1. The van der Waals surface area contributed by atoms with E-state index in [4.69, 9.17) is 9.47 Å². The molecule has 7 heteroatoms. The van der Waals surface area contributed by atoms with Crippen LogP contribution in [0.1, 0.15) is 5.56 Å². The van der Waals surface area contributed by atoms with Gasteiger partial charge in [0.2, 0.25) is 6.10 Å². The SMILES string of the molecule is O=C(O)[C@H](Cc1c[nH]c2ccccc12)NC(=O)[C@H]1COc2ccccc2O1. The number of hydrogen-bond donors (Lipinski definition) is 3. The summed E-state index contributed by atoms with van der Waals surface area (Å²) in [6.45, 7) is 0.0300. The molecular weight excluding hydrogens is 348 g/mol. The Hall–Kier alpha value is -3.48. The lowest BCUT2D eigenvalue weighted by Gasteiger charge is -2.26. The molecule has 0 saturated carbocycles. The molecule has 1 aliphatic rings. The minimum absolute atomic E-state index is 0.0300. The molecule has 1 aliphatic heterocycles. The van der Waals surface area contributed by atoms with E-state index < -0.39 is 24.0 Å². The summed E-state index contributed by atoms with van der Waals surface area (Å²) in [5, 5.41) is 13.0. The van der Waals surface area contributed by atoms with Crippen LogP contribution in [0.2, 0.25) is 0 Å². The summed E-state index contributed by atoms with van der Waals surface area (Å²) < 4.78 is 11.2. The maximum Gasteiger partial charge on any atom is 0.326 e. The zero-order valence-electron chi connectivity index (χ0n) is 14.3. The van der Waals surface area contributed by atoms with Gasteiger partial charge in [-0.1, -0.05) is 30.3 Å². The standard InChI is InChI=1S/C20H18N2O5/c23-19(18-11-26-16-7-3-4-8-17(16)27-18)22-15(20(24)25)9-12-10-21-14-6-2-1-5-13(12)14/h1-8,10,15,18,21H,9,11H2,(H,22,23)(H,24,25)/t15-,18+/m0/s1. The Morgan fingerprint density at radius 3 is 2.70 bits per heavy atom. The van der Waals surface area contributed by atoms with E-state index in [0.29, 0.717) is 11.5 Å². The van der Waals surface area contributed by atoms with E-state index in [0.717, 1.165) is 16.5 Å². The first-order valence-corrected chi connectivity index (χ1v) is 8.58. The fourth-order valence-corrected chi connectivity index (χ4v) is 3.13. The molecule has 2 aromatic carbocycles. The van der Waals surface area contributed by atoms with Crippen molar-refractivity contribution in [3.63, 3.8) is 0 Å². The van der Waals surface area contributed by atoms with Crippen molar-refractivity contribution in [2.45, 2.75) is 18.6 Å². The van der Waals surface area contributed by atoms with Crippen molar-refractivity contribution in [3.8, 4) is 11.5 Å². The summed E-state index contributed by atoms with van der Waals surface area (Å²) >= 11 is 0. The van der Waals surface area contributed by atoms with Crippen LogP contribution in [-0.4, -0.2) is 40.7 Å². The Bertz CT molecular complexity index is 997. The van der Waals surface area contributed by atoms with Gasteiger partial charge in [0.25, 0.3) is 5.91 Å². The van der Waals surface area contributed by atoms with Crippen LogP contribution in [0, 0.1) is 0 Å². The Labute approximate surface area is 154 Å². The van der Waals surface area contributed by atoms with Gasteiger partial charge in [-0.2, -0.15) is 0 Å². The van der Waals surface area contributed by atoms with Crippen LogP contribution < -0.4 is 14.8 Å². The number of carbonyl (C=O) groups excluding carboxylic acids is 1. The molecule has 2 heterocycles. The molecular formula is C20H18N2O5. The maximum absolute atomic E-state index is 12.5. The van der Waals surface area contributed by atoms with Gasteiger partial charge in [-0.3, -0.25) is 4.79 Å².